The lowest BCUT2D eigenvalue weighted by atomic mass is 9.91. The number of nitrogens with two attached hydrogens (primary N) is 1. The number of carbonyl (C=O) groups excluding carboxylic acids is 1. The number of benzene rings is 1. The maximum atomic E-state index is 11.7. The summed E-state index contributed by atoms with van der Waals surface area (Å²) in [5.74, 6) is 0.197. The molecule has 0 heterocycles. The Balaban J connectivity index is 2.23. The van der Waals surface area contributed by atoms with Gasteiger partial charge in [-0.15, -0.1) is 0 Å². The van der Waals surface area contributed by atoms with Crippen molar-refractivity contribution in [2.75, 3.05) is 7.11 Å². The van der Waals surface area contributed by atoms with Crippen LogP contribution in [-0.2, 0) is 9.63 Å². The fourth-order valence-corrected chi connectivity index (χ4v) is 1.81. The highest BCUT2D eigenvalue weighted by atomic mass is 16.6. The van der Waals surface area contributed by atoms with Gasteiger partial charge in [-0.3, -0.25) is 4.79 Å². The zero-order valence-electron chi connectivity index (χ0n) is 10.0. The normalized spacial score (nSPS) is 19.1. The van der Waals surface area contributed by atoms with Crippen molar-refractivity contribution in [2.24, 2.45) is 10.9 Å². The molecule has 2 rings (SSSR count). The third kappa shape index (κ3) is 2.48. The van der Waals surface area contributed by atoms with E-state index in [0.29, 0.717) is 5.84 Å². The van der Waals surface area contributed by atoms with Crippen molar-refractivity contribution in [2.45, 2.75) is 5.92 Å². The van der Waals surface area contributed by atoms with Gasteiger partial charge in [0.15, 0.2) is 11.6 Å². The molecule has 1 unspecified atom stereocenters. The number of ketones is 1. The number of carbonyl (C=O) groups is 1. The molecule has 18 heavy (non-hydrogen) atoms. The Morgan fingerprint density at radius 2 is 2.00 bits per heavy atom. The molecule has 4 nitrogen and oxygen atoms in total. The average Bonchev–Trinajstić information content (AvgIpc) is 2.40. The van der Waals surface area contributed by atoms with Crippen molar-refractivity contribution in [1.29, 1.82) is 0 Å². The third-order valence-corrected chi connectivity index (χ3v) is 2.74. The van der Waals surface area contributed by atoms with Gasteiger partial charge in [-0.1, -0.05) is 47.6 Å². The summed E-state index contributed by atoms with van der Waals surface area (Å²) in [5.41, 5.74) is 7.40. The van der Waals surface area contributed by atoms with Gasteiger partial charge in [0.05, 0.1) is 5.92 Å². The highest BCUT2D eigenvalue weighted by Crippen LogP contribution is 2.22. The summed E-state index contributed by atoms with van der Waals surface area (Å²) in [6, 6.07) is 7.40. The minimum absolute atomic E-state index is 0.0868. The third-order valence-electron chi connectivity index (χ3n) is 2.74. The first-order chi connectivity index (χ1) is 8.72. The molecule has 2 N–H and O–H groups in total. The largest absolute Gasteiger partial charge is 0.397 e. The van der Waals surface area contributed by atoms with Crippen LogP contribution in [0.25, 0.3) is 0 Å². The highest BCUT2D eigenvalue weighted by molar-refractivity contribution is 5.99. The maximum absolute atomic E-state index is 11.7. The van der Waals surface area contributed by atoms with E-state index >= 15 is 0 Å². The number of rotatable bonds is 3. The van der Waals surface area contributed by atoms with Crippen LogP contribution >= 0.6 is 0 Å². The molecule has 0 spiro atoms. The molecule has 0 aromatic heterocycles. The molecule has 1 atom stereocenters. The molecule has 0 radical (unpaired) electrons. The topological polar surface area (TPSA) is 64.7 Å². The Kier molecular flexibility index (Phi) is 3.57. The van der Waals surface area contributed by atoms with Gasteiger partial charge in [-0.25, -0.2) is 0 Å². The number of hydrogen-bond acceptors (Lipinski definition) is 3. The molecule has 0 saturated heterocycles. The summed E-state index contributed by atoms with van der Waals surface area (Å²) in [7, 11) is 1.44. The Bertz CT molecular complexity index is 527. The zero-order chi connectivity index (χ0) is 13.0. The average molecular weight is 242 g/mol. The van der Waals surface area contributed by atoms with Crippen molar-refractivity contribution in [3.05, 3.63) is 59.7 Å². The fourth-order valence-electron chi connectivity index (χ4n) is 1.81. The van der Waals surface area contributed by atoms with Gasteiger partial charge in [0.1, 0.15) is 7.11 Å². The van der Waals surface area contributed by atoms with E-state index in [1.54, 1.807) is 12.2 Å². The summed E-state index contributed by atoms with van der Waals surface area (Å²) < 4.78 is 0. The molecule has 1 aromatic rings. The Labute approximate surface area is 105 Å². The van der Waals surface area contributed by atoms with Crippen LogP contribution in [0.1, 0.15) is 17.0 Å². The second kappa shape index (κ2) is 5.31. The Morgan fingerprint density at radius 1 is 1.28 bits per heavy atom. The van der Waals surface area contributed by atoms with Gasteiger partial charge in [0, 0.05) is 5.56 Å². The van der Waals surface area contributed by atoms with Crippen LogP contribution in [-0.4, -0.2) is 18.7 Å². The van der Waals surface area contributed by atoms with Gasteiger partial charge in [-0.05, 0) is 11.6 Å². The molecule has 0 fully saturated rings. The first-order valence-corrected chi connectivity index (χ1v) is 5.58. The van der Waals surface area contributed by atoms with Crippen LogP contribution in [0, 0.1) is 0 Å². The molecule has 1 aliphatic rings. The molecule has 1 aromatic carbocycles. The van der Waals surface area contributed by atoms with Crippen LogP contribution < -0.4 is 5.73 Å². The summed E-state index contributed by atoms with van der Waals surface area (Å²) in [5, 5.41) is 3.65. The van der Waals surface area contributed by atoms with Crippen LogP contribution in [0.3, 0.4) is 0 Å². The lowest BCUT2D eigenvalue weighted by molar-refractivity contribution is -0.115. The van der Waals surface area contributed by atoms with E-state index < -0.39 is 0 Å². The van der Waals surface area contributed by atoms with Gasteiger partial charge in [-0.2, -0.15) is 0 Å². The summed E-state index contributed by atoms with van der Waals surface area (Å²) in [6.45, 7) is 0. The summed E-state index contributed by atoms with van der Waals surface area (Å²) in [4.78, 5) is 16.3. The van der Waals surface area contributed by atoms with Gasteiger partial charge < -0.3 is 10.6 Å². The lowest BCUT2D eigenvalue weighted by Gasteiger charge is -2.12. The van der Waals surface area contributed by atoms with Crippen LogP contribution in [0.4, 0.5) is 0 Å². The number of hydrogen-bond donors (Lipinski definition) is 1. The molecule has 0 bridgehead atoms. The van der Waals surface area contributed by atoms with Crippen LogP contribution in [0.15, 0.2) is 53.7 Å². The first-order valence-electron chi connectivity index (χ1n) is 5.58. The fraction of sp³-hybridized carbons (Fsp3) is 0.143. The van der Waals surface area contributed by atoms with E-state index in [9.17, 15) is 4.79 Å². The Morgan fingerprint density at radius 3 is 2.61 bits per heavy atom. The smallest absolute Gasteiger partial charge is 0.170 e. The number of allylic oxidation sites excluding steroid dienone is 4. The SMILES string of the molecule is CO/N=C(\N)c1ccc(C2C=CC=CC2=O)cc1. The van der Waals surface area contributed by atoms with E-state index in [2.05, 4.69) is 9.99 Å². The van der Waals surface area contributed by atoms with Crippen molar-refractivity contribution in [3.63, 3.8) is 0 Å². The first kappa shape index (κ1) is 12.1. The number of oxime groups is 1. The van der Waals surface area contributed by atoms with Crippen LogP contribution in [0.2, 0.25) is 0 Å². The van der Waals surface area contributed by atoms with Gasteiger partial charge in [0.25, 0.3) is 0 Å². The predicted molar refractivity (Wildman–Crippen MR) is 70.2 cm³/mol. The molecule has 1 aliphatic carbocycles. The minimum Gasteiger partial charge on any atom is -0.397 e. The molecule has 0 aliphatic heterocycles. The highest BCUT2D eigenvalue weighted by Gasteiger charge is 2.16. The second-order valence-electron chi connectivity index (χ2n) is 3.91. The molecular weight excluding hydrogens is 228 g/mol. The van der Waals surface area contributed by atoms with Crippen molar-refractivity contribution < 1.29 is 9.63 Å². The second-order valence-corrected chi connectivity index (χ2v) is 3.91. The van der Waals surface area contributed by atoms with E-state index in [-0.39, 0.29) is 11.7 Å². The predicted octanol–water partition coefficient (Wildman–Crippen LogP) is 1.73. The monoisotopic (exact) mass is 242 g/mol. The molecule has 4 heteroatoms. The van der Waals surface area contributed by atoms with Crippen molar-refractivity contribution in [1.82, 2.24) is 0 Å². The zero-order valence-corrected chi connectivity index (χ0v) is 10.0. The quantitative estimate of drug-likeness (QED) is 0.498. The molecular formula is C14H14N2O2. The molecule has 0 saturated carbocycles. The standard InChI is InChI=1S/C14H14N2O2/c1-18-16-14(15)11-8-6-10(7-9-11)12-4-2-3-5-13(12)17/h2-9,12H,1H3,(H2,15,16). The maximum Gasteiger partial charge on any atom is 0.170 e. The Hall–Kier alpha value is -2.36. The van der Waals surface area contributed by atoms with E-state index in [1.165, 1.54) is 7.11 Å². The van der Waals surface area contributed by atoms with Crippen molar-refractivity contribution >= 4 is 11.6 Å². The molecule has 0 amide bonds. The number of nitrogens with zero attached hydrogens (tertiary/aromatic N) is 1. The van der Waals surface area contributed by atoms with E-state index in [0.717, 1.165) is 11.1 Å². The number of amidine groups is 1. The van der Waals surface area contributed by atoms with Crippen molar-refractivity contribution in [3.8, 4) is 0 Å². The van der Waals surface area contributed by atoms with E-state index in [1.807, 2.05) is 36.4 Å². The summed E-state index contributed by atoms with van der Waals surface area (Å²) >= 11 is 0. The van der Waals surface area contributed by atoms with E-state index in [4.69, 9.17) is 5.73 Å². The van der Waals surface area contributed by atoms with Gasteiger partial charge in [0.2, 0.25) is 0 Å². The minimum atomic E-state index is -0.204. The summed E-state index contributed by atoms with van der Waals surface area (Å²) in [6.07, 6.45) is 7.08. The van der Waals surface area contributed by atoms with Gasteiger partial charge >= 0.3 is 0 Å². The molecule has 92 valence electrons. The van der Waals surface area contributed by atoms with Crippen LogP contribution in [0.5, 0.6) is 0 Å². The lowest BCUT2D eigenvalue weighted by Crippen LogP contribution is -2.14.